The number of hydrogen-bond donors (Lipinski definition) is 0. The van der Waals surface area contributed by atoms with E-state index in [1.807, 2.05) is 6.07 Å². The van der Waals surface area contributed by atoms with E-state index in [1.54, 1.807) is 42.5 Å². The summed E-state index contributed by atoms with van der Waals surface area (Å²) in [6, 6.07) is 14.0. The Morgan fingerprint density at radius 2 is 1.68 bits per heavy atom. The van der Waals surface area contributed by atoms with Gasteiger partial charge in [-0.3, -0.25) is 9.59 Å². The van der Waals surface area contributed by atoms with Gasteiger partial charge in [0.1, 0.15) is 0 Å². The van der Waals surface area contributed by atoms with E-state index in [1.165, 1.54) is 6.92 Å². The molecule has 0 saturated heterocycles. The number of para-hydroxylation sites is 1. The molecule has 1 heterocycles. The predicted molar refractivity (Wildman–Crippen MR) is 88.7 cm³/mol. The van der Waals surface area contributed by atoms with E-state index in [-0.39, 0.29) is 5.91 Å². The lowest BCUT2D eigenvalue weighted by Crippen LogP contribution is -2.31. The molecular formula is C17H11Cl2NO2. The van der Waals surface area contributed by atoms with Gasteiger partial charge in [-0.15, -0.1) is 0 Å². The molecule has 3 rings (SSSR count). The molecule has 0 radical (unpaired) electrons. The number of amides is 2. The zero-order valence-corrected chi connectivity index (χ0v) is 13.2. The molecule has 0 aromatic heterocycles. The second kappa shape index (κ2) is 5.59. The number of nitrogens with zero attached hydrogens (tertiary/aromatic N) is 1. The highest BCUT2D eigenvalue weighted by molar-refractivity contribution is 6.60. The van der Waals surface area contributed by atoms with Crippen molar-refractivity contribution in [1.82, 2.24) is 0 Å². The zero-order chi connectivity index (χ0) is 15.9. The van der Waals surface area contributed by atoms with Crippen molar-refractivity contribution in [3.63, 3.8) is 0 Å². The Bertz CT molecular complexity index is 810. The van der Waals surface area contributed by atoms with E-state index < -0.39 is 5.91 Å². The molecule has 2 aromatic rings. The van der Waals surface area contributed by atoms with Gasteiger partial charge in [0.05, 0.1) is 16.3 Å². The van der Waals surface area contributed by atoms with E-state index in [2.05, 4.69) is 0 Å². The molecule has 2 amide bonds. The van der Waals surface area contributed by atoms with Crippen LogP contribution in [0.15, 0.2) is 48.5 Å². The topological polar surface area (TPSA) is 37.4 Å². The summed E-state index contributed by atoms with van der Waals surface area (Å²) in [5, 5.41) is 0.889. The average Bonchev–Trinajstić information content (AvgIpc) is 2.79. The normalized spacial score (nSPS) is 15.8. The fraction of sp³-hybridized carbons (Fsp3) is 0.0588. The lowest BCUT2D eigenvalue weighted by molar-refractivity contribution is -0.122. The van der Waals surface area contributed by atoms with Gasteiger partial charge in [-0.1, -0.05) is 53.5 Å². The molecule has 110 valence electrons. The number of carbonyl (C=O) groups excluding carboxylic acids is 2. The maximum absolute atomic E-state index is 12.6. The highest BCUT2D eigenvalue weighted by Gasteiger charge is 2.36. The molecule has 2 aromatic carbocycles. The molecular weight excluding hydrogens is 321 g/mol. The minimum absolute atomic E-state index is 0.304. The van der Waals surface area contributed by atoms with E-state index in [0.29, 0.717) is 32.4 Å². The molecule has 0 atom stereocenters. The van der Waals surface area contributed by atoms with Gasteiger partial charge in [0, 0.05) is 17.5 Å². The minimum atomic E-state index is -0.409. The molecule has 1 aliphatic rings. The summed E-state index contributed by atoms with van der Waals surface area (Å²) in [7, 11) is 0. The quantitative estimate of drug-likeness (QED) is 0.729. The third-order valence-corrected chi connectivity index (χ3v) is 4.12. The molecule has 0 saturated carbocycles. The van der Waals surface area contributed by atoms with Crippen LogP contribution in [0.25, 0.3) is 10.6 Å². The van der Waals surface area contributed by atoms with Crippen LogP contribution in [0, 0.1) is 0 Å². The molecule has 5 heteroatoms. The first-order valence-corrected chi connectivity index (χ1v) is 7.36. The third kappa shape index (κ3) is 2.32. The lowest BCUT2D eigenvalue weighted by Gasteiger charge is -2.11. The first kappa shape index (κ1) is 14.8. The van der Waals surface area contributed by atoms with Gasteiger partial charge < -0.3 is 0 Å². The van der Waals surface area contributed by atoms with Crippen LogP contribution in [0.5, 0.6) is 0 Å². The van der Waals surface area contributed by atoms with Crippen molar-refractivity contribution in [3.8, 4) is 0 Å². The SMILES string of the molecule is CC(=O)N1C(=O)C(=C(Cl)c2ccc(Cl)cc2)c2ccccc21. The minimum Gasteiger partial charge on any atom is -0.274 e. The summed E-state index contributed by atoms with van der Waals surface area (Å²) in [6.07, 6.45) is 0. The number of imide groups is 1. The predicted octanol–water partition coefficient (Wildman–Crippen LogP) is 4.34. The lowest BCUT2D eigenvalue weighted by atomic mass is 10.0. The highest BCUT2D eigenvalue weighted by atomic mass is 35.5. The molecule has 3 nitrogen and oxygen atoms in total. The summed E-state index contributed by atoms with van der Waals surface area (Å²) >= 11 is 12.3. The molecule has 0 aliphatic carbocycles. The molecule has 0 bridgehead atoms. The maximum atomic E-state index is 12.6. The van der Waals surface area contributed by atoms with E-state index in [0.717, 1.165) is 4.90 Å². The fourth-order valence-corrected chi connectivity index (χ4v) is 2.92. The Morgan fingerprint density at radius 1 is 1.05 bits per heavy atom. The van der Waals surface area contributed by atoms with Crippen molar-refractivity contribution in [3.05, 3.63) is 64.7 Å². The van der Waals surface area contributed by atoms with Crippen molar-refractivity contribution in [1.29, 1.82) is 0 Å². The van der Waals surface area contributed by atoms with Gasteiger partial charge in [0.2, 0.25) is 5.91 Å². The van der Waals surface area contributed by atoms with Crippen LogP contribution in [0.2, 0.25) is 5.02 Å². The second-order valence-electron chi connectivity index (χ2n) is 4.87. The Kier molecular flexibility index (Phi) is 3.77. The van der Waals surface area contributed by atoms with Crippen LogP contribution in [0.1, 0.15) is 18.1 Å². The Morgan fingerprint density at radius 3 is 2.32 bits per heavy atom. The van der Waals surface area contributed by atoms with Crippen LogP contribution in [0.3, 0.4) is 0 Å². The van der Waals surface area contributed by atoms with Gasteiger partial charge in [-0.05, 0) is 23.8 Å². The summed E-state index contributed by atoms with van der Waals surface area (Å²) in [4.78, 5) is 25.6. The average molecular weight is 332 g/mol. The first-order chi connectivity index (χ1) is 10.5. The molecule has 0 spiro atoms. The number of hydrogen-bond acceptors (Lipinski definition) is 2. The first-order valence-electron chi connectivity index (χ1n) is 6.61. The largest absolute Gasteiger partial charge is 0.274 e. The monoisotopic (exact) mass is 331 g/mol. The maximum Gasteiger partial charge on any atom is 0.267 e. The van der Waals surface area contributed by atoms with Crippen LogP contribution in [0.4, 0.5) is 5.69 Å². The highest BCUT2D eigenvalue weighted by Crippen LogP contribution is 2.42. The van der Waals surface area contributed by atoms with E-state index in [9.17, 15) is 9.59 Å². The smallest absolute Gasteiger partial charge is 0.267 e. The van der Waals surface area contributed by atoms with Crippen molar-refractivity contribution >= 4 is 51.3 Å². The van der Waals surface area contributed by atoms with Gasteiger partial charge in [-0.2, -0.15) is 0 Å². The van der Waals surface area contributed by atoms with Gasteiger partial charge in [0.25, 0.3) is 5.91 Å². The number of halogens is 2. The van der Waals surface area contributed by atoms with Crippen LogP contribution in [-0.4, -0.2) is 11.8 Å². The van der Waals surface area contributed by atoms with Crippen molar-refractivity contribution in [2.45, 2.75) is 6.92 Å². The number of carbonyl (C=O) groups is 2. The number of rotatable bonds is 1. The van der Waals surface area contributed by atoms with Crippen LogP contribution in [-0.2, 0) is 9.59 Å². The molecule has 22 heavy (non-hydrogen) atoms. The summed E-state index contributed by atoms with van der Waals surface area (Å²) in [6.45, 7) is 1.35. The molecule has 1 aliphatic heterocycles. The van der Waals surface area contributed by atoms with Gasteiger partial charge in [0.15, 0.2) is 0 Å². The molecule has 0 unspecified atom stereocenters. The Labute approximate surface area is 137 Å². The fourth-order valence-electron chi connectivity index (χ4n) is 2.48. The number of anilines is 1. The van der Waals surface area contributed by atoms with E-state index >= 15 is 0 Å². The van der Waals surface area contributed by atoms with Gasteiger partial charge in [-0.25, -0.2) is 4.90 Å². The number of benzene rings is 2. The number of fused-ring (bicyclic) bond motifs is 1. The van der Waals surface area contributed by atoms with Crippen molar-refractivity contribution < 1.29 is 9.59 Å². The Hall–Kier alpha value is -2.10. The van der Waals surface area contributed by atoms with Crippen LogP contribution < -0.4 is 4.90 Å². The van der Waals surface area contributed by atoms with Crippen molar-refractivity contribution in [2.75, 3.05) is 4.90 Å². The summed E-state index contributed by atoms with van der Waals surface area (Å²) in [5.41, 5.74) is 2.22. The zero-order valence-electron chi connectivity index (χ0n) is 11.6. The standard InChI is InChI=1S/C17H11Cl2NO2/c1-10(21)20-14-5-3-2-4-13(14)15(17(20)22)16(19)11-6-8-12(18)9-7-11/h2-9H,1H3. The molecule has 0 fully saturated rings. The molecule has 0 N–H and O–H groups in total. The third-order valence-electron chi connectivity index (χ3n) is 3.46. The summed E-state index contributed by atoms with van der Waals surface area (Å²) in [5.74, 6) is -0.748. The van der Waals surface area contributed by atoms with E-state index in [4.69, 9.17) is 23.2 Å². The Balaban J connectivity index is 2.22. The second-order valence-corrected chi connectivity index (χ2v) is 5.69. The van der Waals surface area contributed by atoms with Crippen molar-refractivity contribution in [2.24, 2.45) is 0 Å². The van der Waals surface area contributed by atoms with Crippen LogP contribution >= 0.6 is 23.2 Å². The van der Waals surface area contributed by atoms with Gasteiger partial charge >= 0.3 is 0 Å². The summed E-state index contributed by atoms with van der Waals surface area (Å²) < 4.78 is 0.